The van der Waals surface area contributed by atoms with E-state index in [0.29, 0.717) is 28.7 Å². The lowest BCUT2D eigenvalue weighted by Gasteiger charge is -2.15. The normalized spacial score (nSPS) is 11.1. The first kappa shape index (κ1) is 15.8. The quantitative estimate of drug-likeness (QED) is 0.721. The molecule has 0 aliphatic heterocycles. The van der Waals surface area contributed by atoms with Crippen LogP contribution in [0.3, 0.4) is 0 Å². The second kappa shape index (κ2) is 7.34. The minimum absolute atomic E-state index is 0.0429. The van der Waals surface area contributed by atoms with Gasteiger partial charge in [-0.2, -0.15) is 0 Å². The molecule has 4 nitrogen and oxygen atoms in total. The lowest BCUT2D eigenvalue weighted by atomic mass is 10.1. The maximum atomic E-state index is 12.4. The van der Waals surface area contributed by atoms with Crippen molar-refractivity contribution in [3.63, 3.8) is 0 Å². The predicted octanol–water partition coefficient (Wildman–Crippen LogP) is 3.19. The van der Waals surface area contributed by atoms with E-state index in [1.807, 2.05) is 0 Å². The maximum Gasteiger partial charge on any atom is 0.188 e. The van der Waals surface area contributed by atoms with E-state index in [4.69, 9.17) is 14.2 Å². The standard InChI is InChI=1S/C14H21O4P/c1-9(2)8-19-14(15)12-10(16-3)6-7-11(17-4)13(12)18-5/h6-7,9,19H,8H2,1-5H3. The van der Waals surface area contributed by atoms with Crippen molar-refractivity contribution in [2.45, 2.75) is 13.8 Å². The molecule has 0 fully saturated rings. The fourth-order valence-corrected chi connectivity index (χ4v) is 2.69. The summed E-state index contributed by atoms with van der Waals surface area (Å²) in [7, 11) is 4.83. The van der Waals surface area contributed by atoms with E-state index in [1.165, 1.54) is 7.11 Å². The first-order chi connectivity index (χ1) is 9.04. The highest BCUT2D eigenvalue weighted by atomic mass is 31.1. The topological polar surface area (TPSA) is 44.8 Å². The van der Waals surface area contributed by atoms with Gasteiger partial charge in [0.25, 0.3) is 0 Å². The molecular weight excluding hydrogens is 263 g/mol. The molecule has 0 heterocycles. The molecule has 0 aromatic heterocycles. The number of hydrogen-bond donors (Lipinski definition) is 0. The Morgan fingerprint density at radius 1 is 1.11 bits per heavy atom. The Bertz CT molecular complexity index is 443. The van der Waals surface area contributed by atoms with Crippen molar-refractivity contribution < 1.29 is 19.0 Å². The zero-order chi connectivity index (χ0) is 14.4. The van der Waals surface area contributed by atoms with Gasteiger partial charge in [-0.1, -0.05) is 13.8 Å². The molecule has 1 unspecified atom stereocenters. The van der Waals surface area contributed by atoms with Crippen LogP contribution < -0.4 is 14.2 Å². The van der Waals surface area contributed by atoms with Crippen molar-refractivity contribution in [3.8, 4) is 17.2 Å². The molecule has 0 radical (unpaired) electrons. The fourth-order valence-electron chi connectivity index (χ4n) is 1.68. The molecule has 1 rings (SSSR count). The zero-order valence-electron chi connectivity index (χ0n) is 12.1. The summed E-state index contributed by atoms with van der Waals surface area (Å²) in [5, 5.41) is 0. The third-order valence-corrected chi connectivity index (χ3v) is 4.22. The Morgan fingerprint density at radius 3 is 2.16 bits per heavy atom. The molecule has 0 saturated heterocycles. The number of ether oxygens (including phenoxy) is 3. The third kappa shape index (κ3) is 3.84. The molecular formula is C14H21O4P. The minimum atomic E-state index is 0.0429. The van der Waals surface area contributed by atoms with Gasteiger partial charge < -0.3 is 14.2 Å². The smallest absolute Gasteiger partial charge is 0.188 e. The van der Waals surface area contributed by atoms with Crippen LogP contribution in [0.2, 0.25) is 0 Å². The molecule has 106 valence electrons. The van der Waals surface area contributed by atoms with Crippen molar-refractivity contribution in [3.05, 3.63) is 17.7 Å². The Balaban J connectivity index is 3.17. The van der Waals surface area contributed by atoms with Crippen LogP contribution in [0.5, 0.6) is 17.2 Å². The van der Waals surface area contributed by atoms with Gasteiger partial charge in [-0.25, -0.2) is 0 Å². The number of methoxy groups -OCH3 is 3. The fraction of sp³-hybridized carbons (Fsp3) is 0.500. The van der Waals surface area contributed by atoms with Gasteiger partial charge >= 0.3 is 0 Å². The van der Waals surface area contributed by atoms with Crippen molar-refractivity contribution in [2.75, 3.05) is 27.5 Å². The van der Waals surface area contributed by atoms with Gasteiger partial charge in [0.2, 0.25) is 0 Å². The van der Waals surface area contributed by atoms with E-state index in [9.17, 15) is 4.79 Å². The average Bonchev–Trinajstić information content (AvgIpc) is 2.42. The van der Waals surface area contributed by atoms with Crippen LogP contribution in [0, 0.1) is 5.92 Å². The van der Waals surface area contributed by atoms with Gasteiger partial charge in [-0.3, -0.25) is 4.79 Å². The molecule has 0 amide bonds. The first-order valence-corrected chi connectivity index (χ1v) is 7.33. The summed E-state index contributed by atoms with van der Waals surface area (Å²) in [5.74, 6) is 2.01. The van der Waals surface area contributed by atoms with Gasteiger partial charge in [0, 0.05) is 0 Å². The van der Waals surface area contributed by atoms with Gasteiger partial charge in [0.05, 0.1) is 21.3 Å². The van der Waals surface area contributed by atoms with E-state index in [-0.39, 0.29) is 14.1 Å². The van der Waals surface area contributed by atoms with Crippen molar-refractivity contribution in [1.29, 1.82) is 0 Å². The Morgan fingerprint density at radius 2 is 1.68 bits per heavy atom. The summed E-state index contributed by atoms with van der Waals surface area (Å²) >= 11 is 0. The summed E-state index contributed by atoms with van der Waals surface area (Å²) in [6.45, 7) is 4.20. The Hall–Kier alpha value is -1.28. The Kier molecular flexibility index (Phi) is 6.10. The van der Waals surface area contributed by atoms with Crippen LogP contribution in [0.1, 0.15) is 24.2 Å². The SMILES string of the molecule is COc1ccc(OC)c(C(=O)PCC(C)C)c1OC. The summed E-state index contributed by atoms with van der Waals surface area (Å²) in [4.78, 5) is 12.4. The molecule has 1 aromatic rings. The van der Waals surface area contributed by atoms with Crippen molar-refractivity contribution >= 4 is 14.1 Å². The molecule has 1 atom stereocenters. The van der Waals surface area contributed by atoms with Crippen LogP contribution >= 0.6 is 8.58 Å². The highest BCUT2D eigenvalue weighted by Crippen LogP contribution is 2.40. The highest BCUT2D eigenvalue weighted by Gasteiger charge is 2.22. The molecule has 0 N–H and O–H groups in total. The molecule has 5 heteroatoms. The maximum absolute atomic E-state index is 12.4. The van der Waals surface area contributed by atoms with Gasteiger partial charge in [-0.05, 0) is 32.8 Å². The lowest BCUT2D eigenvalue weighted by molar-refractivity contribution is 0.107. The number of benzene rings is 1. The minimum Gasteiger partial charge on any atom is -0.496 e. The summed E-state index contributed by atoms with van der Waals surface area (Å²) in [6, 6.07) is 3.47. The van der Waals surface area contributed by atoms with E-state index >= 15 is 0 Å². The third-order valence-electron chi connectivity index (χ3n) is 2.63. The van der Waals surface area contributed by atoms with Crippen LogP contribution in [-0.2, 0) is 0 Å². The van der Waals surface area contributed by atoms with Crippen molar-refractivity contribution in [2.24, 2.45) is 5.92 Å². The van der Waals surface area contributed by atoms with Gasteiger partial charge in [0.15, 0.2) is 17.0 Å². The molecule has 0 bridgehead atoms. The van der Waals surface area contributed by atoms with Crippen LogP contribution in [0.15, 0.2) is 12.1 Å². The second-order valence-corrected chi connectivity index (χ2v) is 5.70. The number of hydrogen-bond acceptors (Lipinski definition) is 4. The Labute approximate surface area is 116 Å². The van der Waals surface area contributed by atoms with Crippen molar-refractivity contribution in [1.82, 2.24) is 0 Å². The summed E-state index contributed by atoms with van der Waals surface area (Å²) in [5.41, 5.74) is 0.518. The van der Waals surface area contributed by atoms with E-state index in [2.05, 4.69) is 13.8 Å². The molecule has 0 saturated carbocycles. The molecule has 0 spiro atoms. The van der Waals surface area contributed by atoms with Gasteiger partial charge in [0.1, 0.15) is 11.3 Å². The molecule has 0 aliphatic rings. The largest absolute Gasteiger partial charge is 0.496 e. The monoisotopic (exact) mass is 284 g/mol. The van der Waals surface area contributed by atoms with Crippen LogP contribution in [0.4, 0.5) is 0 Å². The zero-order valence-corrected chi connectivity index (χ0v) is 13.1. The number of carbonyl (C=O) groups is 1. The first-order valence-electron chi connectivity index (χ1n) is 6.12. The molecule has 0 aliphatic carbocycles. The summed E-state index contributed by atoms with van der Waals surface area (Å²) in [6.07, 6.45) is 0.863. The highest BCUT2D eigenvalue weighted by molar-refractivity contribution is 7.58. The molecule has 19 heavy (non-hydrogen) atoms. The van der Waals surface area contributed by atoms with E-state index < -0.39 is 0 Å². The van der Waals surface area contributed by atoms with Crippen LogP contribution in [0.25, 0.3) is 0 Å². The van der Waals surface area contributed by atoms with E-state index in [0.717, 1.165) is 6.16 Å². The average molecular weight is 284 g/mol. The second-order valence-electron chi connectivity index (χ2n) is 4.48. The summed E-state index contributed by atoms with van der Waals surface area (Å²) < 4.78 is 15.8. The van der Waals surface area contributed by atoms with E-state index in [1.54, 1.807) is 26.4 Å². The van der Waals surface area contributed by atoms with Crippen LogP contribution in [-0.4, -0.2) is 33.0 Å². The number of carbonyl (C=O) groups excluding carboxylic acids is 1. The predicted molar refractivity (Wildman–Crippen MR) is 78.4 cm³/mol. The number of rotatable bonds is 7. The molecule has 1 aromatic carbocycles. The van der Waals surface area contributed by atoms with Gasteiger partial charge in [-0.15, -0.1) is 0 Å². The lowest BCUT2D eigenvalue weighted by Crippen LogP contribution is -2.04.